The molecule has 0 radical (unpaired) electrons. The number of benzene rings is 2. The largest absolute Gasteiger partial charge is 0.351 e. The molecule has 2 fully saturated rings. The first-order chi connectivity index (χ1) is 15.0. The molecule has 0 bridgehead atoms. The number of carbonyl (C=O) groups is 3. The minimum absolute atomic E-state index is 0.105. The summed E-state index contributed by atoms with van der Waals surface area (Å²) in [4.78, 5) is 39.0. The zero-order valence-electron chi connectivity index (χ0n) is 17.6. The lowest BCUT2D eigenvalue weighted by Crippen LogP contribution is -2.70. The van der Waals surface area contributed by atoms with E-state index in [-0.39, 0.29) is 30.2 Å². The molecule has 2 aromatic rings. The Kier molecular flexibility index (Phi) is 5.89. The molecule has 4 rings (SSSR count). The SMILES string of the molecule is CC(=O)Nc1ccc(N2C(=O)C[C@]2(/C=C/c2ccccc2)C(=O)NC2CCCC2)cc1. The van der Waals surface area contributed by atoms with Crippen LogP contribution in [0.25, 0.3) is 6.08 Å². The maximum Gasteiger partial charge on any atom is 0.251 e. The summed E-state index contributed by atoms with van der Waals surface area (Å²) in [5.74, 6) is -0.410. The first kappa shape index (κ1) is 20.8. The fourth-order valence-electron chi connectivity index (χ4n) is 4.36. The molecular weight excluding hydrogens is 390 g/mol. The van der Waals surface area contributed by atoms with Gasteiger partial charge in [-0.1, -0.05) is 49.2 Å². The molecule has 0 unspecified atom stereocenters. The second-order valence-electron chi connectivity index (χ2n) is 8.26. The fourth-order valence-corrected chi connectivity index (χ4v) is 4.36. The highest BCUT2D eigenvalue weighted by molar-refractivity contribution is 6.15. The number of anilines is 2. The third-order valence-electron chi connectivity index (χ3n) is 5.95. The van der Waals surface area contributed by atoms with E-state index in [1.54, 1.807) is 29.2 Å². The molecule has 2 aromatic carbocycles. The van der Waals surface area contributed by atoms with Gasteiger partial charge >= 0.3 is 0 Å². The van der Waals surface area contributed by atoms with Gasteiger partial charge in [0.2, 0.25) is 11.8 Å². The van der Waals surface area contributed by atoms with Gasteiger partial charge in [-0.2, -0.15) is 0 Å². The number of nitrogens with zero attached hydrogens (tertiary/aromatic N) is 1. The second kappa shape index (κ2) is 8.76. The van der Waals surface area contributed by atoms with Crippen LogP contribution in [0.15, 0.2) is 60.7 Å². The lowest BCUT2D eigenvalue weighted by Gasteiger charge is -2.49. The van der Waals surface area contributed by atoms with Crippen molar-refractivity contribution in [2.75, 3.05) is 10.2 Å². The minimum Gasteiger partial charge on any atom is -0.351 e. The smallest absolute Gasteiger partial charge is 0.251 e. The van der Waals surface area contributed by atoms with Crippen molar-refractivity contribution in [3.63, 3.8) is 0 Å². The number of hydrogen-bond donors (Lipinski definition) is 2. The van der Waals surface area contributed by atoms with E-state index >= 15 is 0 Å². The molecule has 0 aromatic heterocycles. The normalized spacial score (nSPS) is 21.2. The third-order valence-corrected chi connectivity index (χ3v) is 5.95. The van der Waals surface area contributed by atoms with Crippen LogP contribution >= 0.6 is 0 Å². The Balaban J connectivity index is 1.65. The van der Waals surface area contributed by atoms with Gasteiger partial charge < -0.3 is 10.6 Å². The van der Waals surface area contributed by atoms with Crippen molar-refractivity contribution in [2.45, 2.75) is 50.6 Å². The predicted octanol–water partition coefficient (Wildman–Crippen LogP) is 3.89. The van der Waals surface area contributed by atoms with E-state index in [9.17, 15) is 14.4 Å². The molecule has 1 saturated heterocycles. The molecule has 0 spiro atoms. The van der Waals surface area contributed by atoms with E-state index in [1.165, 1.54) is 6.92 Å². The first-order valence-corrected chi connectivity index (χ1v) is 10.7. The summed E-state index contributed by atoms with van der Waals surface area (Å²) in [6.07, 6.45) is 8.06. The van der Waals surface area contributed by atoms with Crippen LogP contribution < -0.4 is 15.5 Å². The van der Waals surface area contributed by atoms with E-state index in [4.69, 9.17) is 0 Å². The minimum atomic E-state index is -1.06. The Bertz CT molecular complexity index is 994. The van der Waals surface area contributed by atoms with Gasteiger partial charge in [0.15, 0.2) is 5.54 Å². The molecular formula is C25H27N3O3. The lowest BCUT2D eigenvalue weighted by molar-refractivity contribution is -0.137. The lowest BCUT2D eigenvalue weighted by atomic mass is 9.80. The molecule has 1 atom stereocenters. The first-order valence-electron chi connectivity index (χ1n) is 10.7. The summed E-state index contributed by atoms with van der Waals surface area (Å²) in [5.41, 5.74) is 1.18. The highest BCUT2D eigenvalue weighted by Crippen LogP contribution is 2.40. The van der Waals surface area contributed by atoms with Crippen molar-refractivity contribution in [1.29, 1.82) is 0 Å². The van der Waals surface area contributed by atoms with E-state index in [0.29, 0.717) is 11.4 Å². The summed E-state index contributed by atoms with van der Waals surface area (Å²) in [6, 6.07) is 16.9. The Morgan fingerprint density at radius 1 is 1.03 bits per heavy atom. The van der Waals surface area contributed by atoms with Crippen LogP contribution in [0.5, 0.6) is 0 Å². The van der Waals surface area contributed by atoms with Gasteiger partial charge in [0.25, 0.3) is 5.91 Å². The van der Waals surface area contributed by atoms with Crippen molar-refractivity contribution < 1.29 is 14.4 Å². The average Bonchev–Trinajstić information content (AvgIpc) is 3.25. The molecule has 160 valence electrons. The van der Waals surface area contributed by atoms with Crippen molar-refractivity contribution in [3.05, 3.63) is 66.2 Å². The van der Waals surface area contributed by atoms with Gasteiger partial charge in [0, 0.05) is 24.3 Å². The van der Waals surface area contributed by atoms with Crippen LogP contribution in [-0.4, -0.2) is 29.3 Å². The van der Waals surface area contributed by atoms with Crippen LogP contribution in [0.3, 0.4) is 0 Å². The van der Waals surface area contributed by atoms with Crippen LogP contribution in [0, 0.1) is 0 Å². The third kappa shape index (κ3) is 4.38. The van der Waals surface area contributed by atoms with Crippen molar-refractivity contribution in [3.8, 4) is 0 Å². The van der Waals surface area contributed by atoms with Gasteiger partial charge in [-0.05, 0) is 48.7 Å². The summed E-state index contributed by atoms with van der Waals surface area (Å²) >= 11 is 0. The van der Waals surface area contributed by atoms with Crippen molar-refractivity contribution in [2.24, 2.45) is 0 Å². The molecule has 1 heterocycles. The highest BCUT2D eigenvalue weighted by Gasteiger charge is 2.56. The van der Waals surface area contributed by atoms with Gasteiger partial charge in [-0.25, -0.2) is 0 Å². The van der Waals surface area contributed by atoms with E-state index in [1.807, 2.05) is 42.5 Å². The van der Waals surface area contributed by atoms with Crippen molar-refractivity contribution in [1.82, 2.24) is 5.32 Å². The highest BCUT2D eigenvalue weighted by atomic mass is 16.2. The monoisotopic (exact) mass is 417 g/mol. The van der Waals surface area contributed by atoms with Gasteiger partial charge in [0.1, 0.15) is 0 Å². The number of nitrogens with one attached hydrogen (secondary N) is 2. The molecule has 3 amide bonds. The zero-order chi connectivity index (χ0) is 21.8. The molecule has 6 heteroatoms. The standard InChI is InChI=1S/C25H27N3O3/c1-18(29)26-21-11-13-22(14-12-21)28-23(30)17-25(28,16-15-19-7-3-2-4-8-19)24(31)27-20-9-5-6-10-20/h2-4,7-8,11-16,20H,5-6,9-10,17H2,1H3,(H,26,29)(H,27,31)/b16-15+/t25-/m1/s1. The average molecular weight is 418 g/mol. The quantitative estimate of drug-likeness (QED) is 0.700. The van der Waals surface area contributed by atoms with Gasteiger partial charge in [-0.15, -0.1) is 0 Å². The van der Waals surface area contributed by atoms with Crippen LogP contribution in [0.4, 0.5) is 11.4 Å². The predicted molar refractivity (Wildman–Crippen MR) is 121 cm³/mol. The maximum atomic E-state index is 13.5. The number of rotatable bonds is 6. The number of β-lactam (4-membered cyclic amide) rings is 1. The Morgan fingerprint density at radius 2 is 1.71 bits per heavy atom. The summed E-state index contributed by atoms with van der Waals surface area (Å²) < 4.78 is 0. The van der Waals surface area contributed by atoms with Gasteiger partial charge in [-0.3, -0.25) is 19.3 Å². The van der Waals surface area contributed by atoms with Crippen LogP contribution in [-0.2, 0) is 14.4 Å². The van der Waals surface area contributed by atoms with E-state index in [0.717, 1.165) is 31.2 Å². The Morgan fingerprint density at radius 3 is 2.32 bits per heavy atom. The second-order valence-corrected chi connectivity index (χ2v) is 8.26. The summed E-state index contributed by atoms with van der Waals surface area (Å²) in [5, 5.41) is 5.90. The molecule has 1 aliphatic carbocycles. The van der Waals surface area contributed by atoms with E-state index in [2.05, 4.69) is 10.6 Å². The fraction of sp³-hybridized carbons (Fsp3) is 0.320. The Hall–Kier alpha value is -3.41. The number of carbonyl (C=O) groups excluding carboxylic acids is 3. The van der Waals surface area contributed by atoms with Crippen LogP contribution in [0.1, 0.15) is 44.6 Å². The van der Waals surface area contributed by atoms with Crippen LogP contribution in [0.2, 0.25) is 0 Å². The molecule has 2 aliphatic rings. The van der Waals surface area contributed by atoms with Crippen molar-refractivity contribution >= 4 is 35.2 Å². The number of hydrogen-bond acceptors (Lipinski definition) is 3. The summed E-state index contributed by atoms with van der Waals surface area (Å²) in [6.45, 7) is 1.44. The molecule has 1 saturated carbocycles. The maximum absolute atomic E-state index is 13.5. The van der Waals surface area contributed by atoms with Gasteiger partial charge in [0.05, 0.1) is 6.42 Å². The zero-order valence-corrected chi connectivity index (χ0v) is 17.6. The topological polar surface area (TPSA) is 78.5 Å². The molecule has 31 heavy (non-hydrogen) atoms. The Labute approximate surface area is 182 Å². The molecule has 1 aliphatic heterocycles. The molecule has 2 N–H and O–H groups in total. The summed E-state index contributed by atoms with van der Waals surface area (Å²) in [7, 11) is 0. The molecule has 6 nitrogen and oxygen atoms in total. The number of amides is 3. The van der Waals surface area contributed by atoms with E-state index < -0.39 is 5.54 Å².